The summed E-state index contributed by atoms with van der Waals surface area (Å²) in [7, 11) is 0. The molecule has 4 nitrogen and oxygen atoms in total. The van der Waals surface area contributed by atoms with Gasteiger partial charge in [0.2, 0.25) is 0 Å². The summed E-state index contributed by atoms with van der Waals surface area (Å²) in [6.45, 7) is 2.40. The predicted molar refractivity (Wildman–Crippen MR) is 125 cm³/mol. The number of hydrogen-bond donors (Lipinski definition) is 0. The quantitative estimate of drug-likeness (QED) is 0.494. The molecule has 4 aliphatic rings. The van der Waals surface area contributed by atoms with E-state index >= 15 is 0 Å². The molecule has 6 rings (SSSR count). The molecule has 0 aromatic heterocycles. The number of aliphatic imine (C=N–C) groups is 1. The van der Waals surface area contributed by atoms with Gasteiger partial charge in [0.25, 0.3) is 5.91 Å². The molecule has 0 radical (unpaired) electrons. The van der Waals surface area contributed by atoms with Gasteiger partial charge in [-0.2, -0.15) is 4.99 Å². The number of thioether (sulfide) groups is 1. The Morgan fingerprint density at radius 3 is 2.77 bits per heavy atom. The number of halogens is 1. The summed E-state index contributed by atoms with van der Waals surface area (Å²) in [5.74, 6) is -0.0967. The summed E-state index contributed by atoms with van der Waals surface area (Å²) >= 11 is 7.74. The first kappa shape index (κ1) is 19.6. The molecule has 0 N–H and O–H groups in total. The van der Waals surface area contributed by atoms with Gasteiger partial charge in [0.1, 0.15) is 0 Å². The van der Waals surface area contributed by atoms with E-state index in [1.807, 2.05) is 12.1 Å². The molecule has 1 saturated heterocycles. The maximum absolute atomic E-state index is 12.9. The van der Waals surface area contributed by atoms with Crippen molar-refractivity contribution < 1.29 is 9.53 Å². The molecule has 0 unspecified atom stereocenters. The number of nitrogens with zero attached hydrogens (tertiary/aromatic N) is 2. The molecular weight excluding hydrogens is 428 g/mol. The van der Waals surface area contributed by atoms with Gasteiger partial charge in [-0.25, -0.2) is 0 Å². The molecule has 1 aliphatic carbocycles. The largest absolute Gasteiger partial charge is 0.365 e. The second-order valence-electron chi connectivity index (χ2n) is 8.69. The van der Waals surface area contributed by atoms with Crippen LogP contribution in [0.1, 0.15) is 47.9 Å². The molecule has 1 amide bonds. The third-order valence-corrected chi connectivity index (χ3v) is 8.37. The highest BCUT2D eigenvalue weighted by Crippen LogP contribution is 2.46. The Balaban J connectivity index is 1.22. The fourth-order valence-corrected chi connectivity index (χ4v) is 6.65. The maximum Gasteiger partial charge on any atom is 0.286 e. The number of benzene rings is 2. The van der Waals surface area contributed by atoms with Crippen LogP contribution in [-0.4, -0.2) is 29.1 Å². The molecule has 2 aromatic rings. The monoisotopic (exact) mass is 450 g/mol. The number of likely N-dealkylation sites (tertiary alicyclic amines) is 1. The van der Waals surface area contributed by atoms with Crippen LogP contribution >= 0.6 is 23.4 Å². The summed E-state index contributed by atoms with van der Waals surface area (Å²) in [4.78, 5) is 20.4. The second-order valence-corrected chi connectivity index (χ2v) is 10.1. The predicted octanol–water partition coefficient (Wildman–Crippen LogP) is 5.54. The molecule has 2 aromatic carbocycles. The first-order valence-corrected chi connectivity index (χ1v) is 12.1. The Kier molecular flexibility index (Phi) is 4.74. The van der Waals surface area contributed by atoms with E-state index in [1.54, 1.807) is 11.8 Å². The van der Waals surface area contributed by atoms with Crippen LogP contribution in [-0.2, 0) is 28.2 Å². The molecule has 158 valence electrons. The van der Waals surface area contributed by atoms with E-state index in [9.17, 15) is 4.79 Å². The second kappa shape index (κ2) is 7.51. The zero-order valence-corrected chi connectivity index (χ0v) is 18.8. The number of carbonyl (C=O) groups is 1. The van der Waals surface area contributed by atoms with Crippen LogP contribution in [0.3, 0.4) is 0 Å². The third-order valence-electron chi connectivity index (χ3n) is 6.98. The summed E-state index contributed by atoms with van der Waals surface area (Å²) in [5, 5.41) is 1.60. The number of amidine groups is 1. The molecule has 1 spiro atoms. The van der Waals surface area contributed by atoms with Gasteiger partial charge >= 0.3 is 0 Å². The average Bonchev–Trinajstić information content (AvgIpc) is 3.35. The van der Waals surface area contributed by atoms with Crippen molar-refractivity contribution in [1.82, 2.24) is 4.90 Å². The molecule has 0 saturated carbocycles. The highest BCUT2D eigenvalue weighted by Gasteiger charge is 2.43. The summed E-state index contributed by atoms with van der Waals surface area (Å²) in [6.07, 6.45) is 4.81. The van der Waals surface area contributed by atoms with Crippen molar-refractivity contribution in [1.29, 1.82) is 0 Å². The number of allylic oxidation sites excluding steroid dienone is 1. The summed E-state index contributed by atoms with van der Waals surface area (Å²) in [5.41, 5.74) is 6.00. The fourth-order valence-electron chi connectivity index (χ4n) is 5.37. The van der Waals surface area contributed by atoms with Crippen LogP contribution in [0.4, 0.5) is 0 Å². The Morgan fingerprint density at radius 2 is 1.90 bits per heavy atom. The van der Waals surface area contributed by atoms with Crippen molar-refractivity contribution in [2.45, 2.75) is 44.3 Å². The summed E-state index contributed by atoms with van der Waals surface area (Å²) in [6, 6.07) is 14.6. The maximum atomic E-state index is 12.9. The first-order valence-electron chi connectivity index (χ1n) is 10.9. The number of hydrogen-bond acceptors (Lipinski definition) is 4. The van der Waals surface area contributed by atoms with Gasteiger partial charge in [0.05, 0.1) is 17.1 Å². The lowest BCUT2D eigenvalue weighted by Crippen LogP contribution is -2.44. The van der Waals surface area contributed by atoms with E-state index in [0.29, 0.717) is 6.61 Å². The standard InChI is InChI=1S/C25H23ClN2O2S/c26-18-8-9-19-16(14-18)5-3-6-20(19)22-23(29)27-24(31-22)28-12-10-25(11-13-28)21-7-2-1-4-17(21)15-30-25/h1-2,4,7-9,14H,3,5-6,10-13,15H2/b22-20-. The minimum Gasteiger partial charge on any atom is -0.365 e. The van der Waals surface area contributed by atoms with Crippen LogP contribution in [0, 0.1) is 0 Å². The molecule has 31 heavy (non-hydrogen) atoms. The summed E-state index contributed by atoms with van der Waals surface area (Å²) < 4.78 is 6.29. The van der Waals surface area contributed by atoms with Crippen LogP contribution < -0.4 is 0 Å². The van der Waals surface area contributed by atoms with Crippen molar-refractivity contribution in [2.75, 3.05) is 13.1 Å². The number of rotatable bonds is 0. The normalized spacial score (nSPS) is 24.4. The van der Waals surface area contributed by atoms with Crippen molar-refractivity contribution in [3.63, 3.8) is 0 Å². The zero-order valence-electron chi connectivity index (χ0n) is 17.2. The van der Waals surface area contributed by atoms with E-state index in [1.165, 1.54) is 16.7 Å². The lowest BCUT2D eigenvalue weighted by molar-refractivity contribution is -0.113. The molecule has 1 fully saturated rings. The highest BCUT2D eigenvalue weighted by molar-refractivity contribution is 8.18. The molecule has 0 atom stereocenters. The number of fused-ring (bicyclic) bond motifs is 3. The van der Waals surface area contributed by atoms with Gasteiger partial charge in [0.15, 0.2) is 5.17 Å². The number of aryl methyl sites for hydroxylation is 1. The van der Waals surface area contributed by atoms with Crippen molar-refractivity contribution in [3.8, 4) is 0 Å². The Labute approximate surface area is 191 Å². The van der Waals surface area contributed by atoms with Crippen molar-refractivity contribution >= 4 is 40.0 Å². The first-order chi connectivity index (χ1) is 15.1. The Hall–Kier alpha value is -2.08. The van der Waals surface area contributed by atoms with Crippen LogP contribution in [0.25, 0.3) is 5.57 Å². The Morgan fingerprint density at radius 1 is 1.06 bits per heavy atom. The molecule has 3 aliphatic heterocycles. The number of piperidine rings is 1. The Bertz CT molecular complexity index is 1150. The molecular formula is C25H23ClN2O2S. The van der Waals surface area contributed by atoms with Gasteiger partial charge in [-0.05, 0) is 83.8 Å². The van der Waals surface area contributed by atoms with Crippen molar-refractivity contribution in [2.24, 2.45) is 4.99 Å². The topological polar surface area (TPSA) is 41.9 Å². The van der Waals surface area contributed by atoms with Gasteiger partial charge < -0.3 is 9.64 Å². The lowest BCUT2D eigenvalue weighted by atomic mass is 9.84. The number of ether oxygens (including phenoxy) is 1. The smallest absolute Gasteiger partial charge is 0.286 e. The highest BCUT2D eigenvalue weighted by atomic mass is 35.5. The average molecular weight is 451 g/mol. The van der Waals surface area contributed by atoms with Gasteiger partial charge in [-0.3, -0.25) is 4.79 Å². The van der Waals surface area contributed by atoms with Crippen LogP contribution in [0.15, 0.2) is 52.4 Å². The minimum absolute atomic E-state index is 0.0967. The van der Waals surface area contributed by atoms with E-state index in [-0.39, 0.29) is 11.5 Å². The SMILES string of the molecule is O=C1N=C(N2CCC3(CC2)OCc2ccccc23)S/C1=C1/CCCc2cc(Cl)ccc21. The van der Waals surface area contributed by atoms with Gasteiger partial charge in [-0.1, -0.05) is 41.9 Å². The van der Waals surface area contributed by atoms with Crippen LogP contribution in [0.5, 0.6) is 0 Å². The van der Waals surface area contributed by atoms with Crippen LogP contribution in [0.2, 0.25) is 5.02 Å². The molecule has 0 bridgehead atoms. The number of carbonyl (C=O) groups excluding carboxylic acids is 1. The molecule has 3 heterocycles. The van der Waals surface area contributed by atoms with E-state index in [0.717, 1.165) is 71.4 Å². The third kappa shape index (κ3) is 3.25. The van der Waals surface area contributed by atoms with E-state index < -0.39 is 0 Å². The molecule has 6 heteroatoms. The number of amides is 1. The van der Waals surface area contributed by atoms with Crippen molar-refractivity contribution in [3.05, 3.63) is 74.6 Å². The minimum atomic E-state index is -0.177. The van der Waals surface area contributed by atoms with Gasteiger partial charge in [0, 0.05) is 18.1 Å². The fraction of sp³-hybridized carbons (Fsp3) is 0.360. The van der Waals surface area contributed by atoms with E-state index in [2.05, 4.69) is 40.2 Å². The van der Waals surface area contributed by atoms with Gasteiger partial charge in [-0.15, -0.1) is 0 Å². The lowest BCUT2D eigenvalue weighted by Gasteiger charge is -2.39. The van der Waals surface area contributed by atoms with E-state index in [4.69, 9.17) is 16.3 Å². The zero-order chi connectivity index (χ0) is 21.0.